The van der Waals surface area contributed by atoms with Crippen LogP contribution in [0.2, 0.25) is 0 Å². The summed E-state index contributed by atoms with van der Waals surface area (Å²) in [4.78, 5) is 40.5. The molecule has 0 unspecified atom stereocenters. The Morgan fingerprint density at radius 1 is 1.00 bits per heavy atom. The van der Waals surface area contributed by atoms with E-state index in [1.54, 1.807) is 47.4 Å². The van der Waals surface area contributed by atoms with E-state index >= 15 is 0 Å². The van der Waals surface area contributed by atoms with E-state index in [0.29, 0.717) is 48.3 Å². The number of nitrogens with zero attached hydrogens (tertiary/aromatic N) is 4. The number of anilines is 1. The summed E-state index contributed by atoms with van der Waals surface area (Å²) in [7, 11) is 1.52. The molecule has 3 aromatic rings. The van der Waals surface area contributed by atoms with Crippen molar-refractivity contribution in [2.45, 2.75) is 6.42 Å². The zero-order chi connectivity index (χ0) is 22.7. The quantitative estimate of drug-likeness (QED) is 0.562. The molecule has 0 aliphatic carbocycles. The number of para-hydroxylation sites is 1. The van der Waals surface area contributed by atoms with Gasteiger partial charge in [0, 0.05) is 38.6 Å². The summed E-state index contributed by atoms with van der Waals surface area (Å²) in [6.07, 6.45) is -0.150. The lowest BCUT2D eigenvalue weighted by Crippen LogP contribution is -2.50. The molecule has 1 saturated heterocycles. The number of hydrogen-bond donors (Lipinski definition) is 0. The highest BCUT2D eigenvalue weighted by Crippen LogP contribution is 2.20. The van der Waals surface area contributed by atoms with Crippen LogP contribution in [0.25, 0.3) is 10.8 Å². The number of hydrogen-bond acceptors (Lipinski definition) is 6. The third-order valence-corrected chi connectivity index (χ3v) is 5.53. The standard InChI is InChI=1S/C23H23FN4O4/c1-26-23(31)17-7-3-2-6-16(17)19(25-26)14-22(30)32-15-21(29)28-12-10-27(11-13-28)20-9-5-4-8-18(20)24/h2-9H,10-15H2,1H3. The Labute approximate surface area is 183 Å². The molecule has 1 amide bonds. The lowest BCUT2D eigenvalue weighted by molar-refractivity contribution is -0.151. The number of carbonyl (C=O) groups excluding carboxylic acids is 2. The lowest BCUT2D eigenvalue weighted by Gasteiger charge is -2.36. The van der Waals surface area contributed by atoms with Gasteiger partial charge >= 0.3 is 5.97 Å². The second kappa shape index (κ2) is 9.17. The van der Waals surface area contributed by atoms with Gasteiger partial charge in [-0.3, -0.25) is 14.4 Å². The Balaban J connectivity index is 1.32. The Kier molecular flexibility index (Phi) is 6.16. The number of aryl methyl sites for hydroxylation is 1. The van der Waals surface area contributed by atoms with Gasteiger partial charge in [0.25, 0.3) is 11.5 Å². The van der Waals surface area contributed by atoms with Gasteiger partial charge in [-0.15, -0.1) is 0 Å². The molecule has 1 aliphatic rings. The van der Waals surface area contributed by atoms with E-state index in [2.05, 4.69) is 5.10 Å². The number of benzene rings is 2. The molecule has 0 atom stereocenters. The Hall–Kier alpha value is -3.75. The Morgan fingerprint density at radius 2 is 1.66 bits per heavy atom. The molecule has 2 heterocycles. The highest BCUT2D eigenvalue weighted by Gasteiger charge is 2.23. The summed E-state index contributed by atoms with van der Waals surface area (Å²) in [6.45, 7) is 1.45. The van der Waals surface area contributed by atoms with E-state index in [4.69, 9.17) is 4.74 Å². The van der Waals surface area contributed by atoms with Crippen LogP contribution in [-0.4, -0.2) is 59.3 Å². The molecule has 9 heteroatoms. The summed E-state index contributed by atoms with van der Waals surface area (Å²) in [6, 6.07) is 13.5. The van der Waals surface area contributed by atoms with Crippen LogP contribution in [0.3, 0.4) is 0 Å². The van der Waals surface area contributed by atoms with Crippen molar-refractivity contribution in [3.05, 3.63) is 70.4 Å². The topological polar surface area (TPSA) is 84.7 Å². The molecular formula is C23H23FN4O4. The van der Waals surface area contributed by atoms with Gasteiger partial charge in [-0.2, -0.15) is 5.10 Å². The Bertz CT molecular complexity index is 1220. The van der Waals surface area contributed by atoms with E-state index in [-0.39, 0.29) is 30.3 Å². The minimum atomic E-state index is -0.598. The van der Waals surface area contributed by atoms with Gasteiger partial charge in [0.05, 0.1) is 23.2 Å². The first-order valence-corrected chi connectivity index (χ1v) is 10.3. The molecule has 4 rings (SSSR count). The zero-order valence-corrected chi connectivity index (χ0v) is 17.7. The minimum absolute atomic E-state index is 0.150. The number of aromatic nitrogens is 2. The maximum absolute atomic E-state index is 14.0. The monoisotopic (exact) mass is 438 g/mol. The van der Waals surface area contributed by atoms with Crippen molar-refractivity contribution in [3.8, 4) is 0 Å². The molecule has 2 aromatic carbocycles. The highest BCUT2D eigenvalue weighted by molar-refractivity contribution is 5.87. The van der Waals surface area contributed by atoms with Crippen molar-refractivity contribution in [1.29, 1.82) is 0 Å². The first kappa shape index (κ1) is 21.5. The summed E-state index contributed by atoms with van der Waals surface area (Å²) >= 11 is 0. The maximum atomic E-state index is 14.0. The Morgan fingerprint density at radius 3 is 2.38 bits per heavy atom. The largest absolute Gasteiger partial charge is 0.455 e. The molecule has 0 bridgehead atoms. The van der Waals surface area contributed by atoms with Crippen LogP contribution in [0.4, 0.5) is 10.1 Å². The first-order valence-electron chi connectivity index (χ1n) is 10.3. The molecule has 166 valence electrons. The van der Waals surface area contributed by atoms with Crippen molar-refractivity contribution in [2.75, 3.05) is 37.7 Å². The van der Waals surface area contributed by atoms with Gasteiger partial charge < -0.3 is 14.5 Å². The van der Waals surface area contributed by atoms with Gasteiger partial charge in [0.1, 0.15) is 5.82 Å². The molecule has 32 heavy (non-hydrogen) atoms. The van der Waals surface area contributed by atoms with Crippen molar-refractivity contribution >= 4 is 28.3 Å². The number of piperazine rings is 1. The summed E-state index contributed by atoms with van der Waals surface area (Å²) in [5.74, 6) is -1.19. The SMILES string of the molecule is Cn1nc(CC(=O)OCC(=O)N2CCN(c3ccccc3F)CC2)c2ccccc2c1=O. The van der Waals surface area contributed by atoms with E-state index in [0.717, 1.165) is 0 Å². The molecule has 0 N–H and O–H groups in total. The normalized spacial score (nSPS) is 13.9. The van der Waals surface area contributed by atoms with Gasteiger partial charge in [0.2, 0.25) is 0 Å². The number of amides is 1. The molecule has 0 spiro atoms. The molecule has 1 aromatic heterocycles. The number of esters is 1. The van der Waals surface area contributed by atoms with Crippen LogP contribution in [0.5, 0.6) is 0 Å². The second-order valence-electron chi connectivity index (χ2n) is 7.58. The number of ether oxygens (including phenoxy) is 1. The zero-order valence-electron chi connectivity index (χ0n) is 17.7. The fourth-order valence-electron chi connectivity index (χ4n) is 3.83. The van der Waals surface area contributed by atoms with Crippen LogP contribution < -0.4 is 10.5 Å². The van der Waals surface area contributed by atoms with Crippen LogP contribution in [0.15, 0.2) is 53.3 Å². The maximum Gasteiger partial charge on any atom is 0.312 e. The predicted octanol–water partition coefficient (Wildman–Crippen LogP) is 1.51. The smallest absolute Gasteiger partial charge is 0.312 e. The van der Waals surface area contributed by atoms with Crippen LogP contribution in [-0.2, 0) is 27.8 Å². The fourth-order valence-corrected chi connectivity index (χ4v) is 3.83. The fraction of sp³-hybridized carbons (Fsp3) is 0.304. The third kappa shape index (κ3) is 4.46. The first-order chi connectivity index (χ1) is 15.4. The molecule has 8 nitrogen and oxygen atoms in total. The van der Waals surface area contributed by atoms with Crippen molar-refractivity contribution < 1.29 is 18.7 Å². The van der Waals surface area contributed by atoms with E-state index in [1.807, 2.05) is 4.90 Å². The van der Waals surface area contributed by atoms with Gasteiger partial charge in [-0.25, -0.2) is 9.07 Å². The van der Waals surface area contributed by atoms with Crippen LogP contribution in [0, 0.1) is 5.82 Å². The minimum Gasteiger partial charge on any atom is -0.455 e. The predicted molar refractivity (Wildman–Crippen MR) is 117 cm³/mol. The average Bonchev–Trinajstić information content (AvgIpc) is 2.81. The molecular weight excluding hydrogens is 415 g/mol. The summed E-state index contributed by atoms with van der Waals surface area (Å²) in [5.41, 5.74) is 0.684. The lowest BCUT2D eigenvalue weighted by atomic mass is 10.1. The molecule has 0 saturated carbocycles. The van der Waals surface area contributed by atoms with Crippen LogP contribution >= 0.6 is 0 Å². The van der Waals surface area contributed by atoms with Crippen molar-refractivity contribution in [2.24, 2.45) is 7.05 Å². The number of rotatable bonds is 5. The third-order valence-electron chi connectivity index (χ3n) is 5.53. The summed E-state index contributed by atoms with van der Waals surface area (Å²) < 4.78 is 20.3. The molecule has 0 radical (unpaired) electrons. The highest BCUT2D eigenvalue weighted by atomic mass is 19.1. The summed E-state index contributed by atoms with van der Waals surface area (Å²) in [5, 5.41) is 5.23. The van der Waals surface area contributed by atoms with Gasteiger partial charge in [0.15, 0.2) is 6.61 Å². The number of carbonyl (C=O) groups is 2. The van der Waals surface area contributed by atoms with E-state index in [1.165, 1.54) is 17.8 Å². The number of halogens is 1. The van der Waals surface area contributed by atoms with E-state index < -0.39 is 5.97 Å². The van der Waals surface area contributed by atoms with Gasteiger partial charge in [-0.1, -0.05) is 30.3 Å². The van der Waals surface area contributed by atoms with Crippen LogP contribution in [0.1, 0.15) is 5.69 Å². The van der Waals surface area contributed by atoms with Gasteiger partial charge in [-0.05, 0) is 18.2 Å². The second-order valence-corrected chi connectivity index (χ2v) is 7.58. The molecule has 1 aliphatic heterocycles. The number of fused-ring (bicyclic) bond motifs is 1. The average molecular weight is 438 g/mol. The van der Waals surface area contributed by atoms with Crippen molar-refractivity contribution in [1.82, 2.24) is 14.7 Å². The van der Waals surface area contributed by atoms with Crippen molar-refractivity contribution in [3.63, 3.8) is 0 Å². The molecule has 1 fully saturated rings. The van der Waals surface area contributed by atoms with E-state index in [9.17, 15) is 18.8 Å².